The highest BCUT2D eigenvalue weighted by atomic mass is 35.5. The predicted molar refractivity (Wildman–Crippen MR) is 132 cm³/mol. The molecule has 3 aromatic rings. The third kappa shape index (κ3) is 5.62. The van der Waals surface area contributed by atoms with E-state index in [9.17, 15) is 5.11 Å². The number of aliphatic hydroxyl groups excluding tert-OH is 1. The van der Waals surface area contributed by atoms with Crippen LogP contribution < -0.4 is 4.74 Å². The number of ether oxygens (including phenoxy) is 1. The van der Waals surface area contributed by atoms with Crippen LogP contribution in [-0.4, -0.2) is 28.1 Å². The Morgan fingerprint density at radius 1 is 1.16 bits per heavy atom. The number of para-hydroxylation sites is 1. The molecule has 4 nitrogen and oxygen atoms in total. The molecule has 32 heavy (non-hydrogen) atoms. The van der Waals surface area contributed by atoms with Crippen molar-refractivity contribution in [3.63, 3.8) is 0 Å². The molecule has 4 rings (SSSR count). The second-order valence-electron chi connectivity index (χ2n) is 8.47. The molecule has 1 saturated heterocycles. The van der Waals surface area contributed by atoms with Gasteiger partial charge in [0.15, 0.2) is 0 Å². The number of nitrogens with zero attached hydrogens (tertiary/aromatic N) is 2. The van der Waals surface area contributed by atoms with Crippen LogP contribution in [0.1, 0.15) is 54.5 Å². The van der Waals surface area contributed by atoms with Gasteiger partial charge in [0.2, 0.25) is 0 Å². The first-order valence-corrected chi connectivity index (χ1v) is 11.2. The lowest BCUT2D eigenvalue weighted by Crippen LogP contribution is -2.20. The summed E-state index contributed by atoms with van der Waals surface area (Å²) in [5.41, 5.74) is 4.22. The van der Waals surface area contributed by atoms with Gasteiger partial charge in [-0.1, -0.05) is 49.7 Å². The molecule has 0 aliphatic carbocycles. The van der Waals surface area contributed by atoms with Crippen molar-refractivity contribution in [3.8, 4) is 11.5 Å². The van der Waals surface area contributed by atoms with Crippen LogP contribution in [0.25, 0.3) is 0 Å². The molecule has 2 heterocycles. The van der Waals surface area contributed by atoms with Crippen LogP contribution in [0.5, 0.6) is 11.5 Å². The fourth-order valence-electron chi connectivity index (χ4n) is 4.33. The minimum absolute atomic E-state index is 0. The van der Waals surface area contributed by atoms with Gasteiger partial charge in [0.1, 0.15) is 11.5 Å². The van der Waals surface area contributed by atoms with E-state index in [1.807, 2.05) is 42.5 Å². The lowest BCUT2D eigenvalue weighted by molar-refractivity contribution is 0.278. The highest BCUT2D eigenvalue weighted by Crippen LogP contribution is 2.35. The molecular formula is C26H30Cl2N2O2. The molecule has 2 aromatic carbocycles. The second-order valence-corrected chi connectivity index (χ2v) is 8.87. The summed E-state index contributed by atoms with van der Waals surface area (Å²) in [7, 11) is 0. The molecule has 0 amide bonds. The Morgan fingerprint density at radius 3 is 2.72 bits per heavy atom. The van der Waals surface area contributed by atoms with Crippen molar-refractivity contribution in [2.24, 2.45) is 0 Å². The Labute approximate surface area is 201 Å². The van der Waals surface area contributed by atoms with Crippen LogP contribution in [0.4, 0.5) is 0 Å². The molecule has 0 spiro atoms. The zero-order valence-electron chi connectivity index (χ0n) is 18.5. The summed E-state index contributed by atoms with van der Waals surface area (Å²) >= 11 is 6.28. The van der Waals surface area contributed by atoms with E-state index in [1.54, 1.807) is 6.20 Å². The normalized spacial score (nSPS) is 16.2. The van der Waals surface area contributed by atoms with Crippen molar-refractivity contribution >= 4 is 24.0 Å². The van der Waals surface area contributed by atoms with E-state index >= 15 is 0 Å². The topological polar surface area (TPSA) is 45.6 Å². The standard InChI is InChI=1S/C26H29ClN2O2.ClH/c1-18(2)22-6-3-4-8-26(22)31-21-9-10-23(20(14-21)17-30)19-11-13-29(15-19)16-25-24(27)7-5-12-28-25;/h3-10,12,14,18-19,30H,11,13,15-17H2,1-2H3;1H. The first kappa shape index (κ1) is 24.5. The van der Waals surface area contributed by atoms with Gasteiger partial charge in [0.25, 0.3) is 0 Å². The van der Waals surface area contributed by atoms with Crippen molar-refractivity contribution in [1.82, 2.24) is 9.88 Å². The van der Waals surface area contributed by atoms with Crippen LogP contribution in [0.2, 0.25) is 5.02 Å². The fourth-order valence-corrected chi connectivity index (χ4v) is 4.52. The Kier molecular flexibility index (Phi) is 8.55. The number of hydrogen-bond donors (Lipinski definition) is 1. The van der Waals surface area contributed by atoms with E-state index in [0.717, 1.165) is 48.8 Å². The third-order valence-electron chi connectivity index (χ3n) is 5.97. The third-order valence-corrected chi connectivity index (χ3v) is 6.32. The number of aromatic nitrogens is 1. The summed E-state index contributed by atoms with van der Waals surface area (Å²) in [5, 5.41) is 10.8. The molecular weight excluding hydrogens is 443 g/mol. The lowest BCUT2D eigenvalue weighted by Gasteiger charge is -2.19. The van der Waals surface area contributed by atoms with Crippen LogP contribution in [0.15, 0.2) is 60.8 Å². The number of halogens is 2. The molecule has 170 valence electrons. The zero-order valence-corrected chi connectivity index (χ0v) is 20.1. The van der Waals surface area contributed by atoms with E-state index < -0.39 is 0 Å². The van der Waals surface area contributed by atoms with Gasteiger partial charge >= 0.3 is 0 Å². The van der Waals surface area contributed by atoms with Crippen molar-refractivity contribution < 1.29 is 9.84 Å². The summed E-state index contributed by atoms with van der Waals surface area (Å²) in [6, 6.07) is 18.0. The first-order chi connectivity index (χ1) is 15.0. The van der Waals surface area contributed by atoms with Crippen molar-refractivity contribution in [3.05, 3.63) is 88.2 Å². The van der Waals surface area contributed by atoms with Gasteiger partial charge < -0.3 is 9.84 Å². The molecule has 1 aliphatic heterocycles. The van der Waals surface area contributed by atoms with Gasteiger partial charge in [0.05, 0.1) is 17.3 Å². The number of hydrogen-bond acceptors (Lipinski definition) is 4. The second kappa shape index (κ2) is 11.2. The summed E-state index contributed by atoms with van der Waals surface area (Å²) in [6.45, 7) is 6.99. The summed E-state index contributed by atoms with van der Waals surface area (Å²) in [6.07, 6.45) is 2.84. The number of benzene rings is 2. The highest BCUT2D eigenvalue weighted by molar-refractivity contribution is 6.31. The molecule has 1 N–H and O–H groups in total. The average molecular weight is 473 g/mol. The van der Waals surface area contributed by atoms with E-state index in [1.165, 1.54) is 11.1 Å². The Hall–Kier alpha value is -2.11. The number of likely N-dealkylation sites (tertiary alicyclic amines) is 1. The minimum atomic E-state index is 0. The van der Waals surface area contributed by atoms with Gasteiger partial charge in [0, 0.05) is 19.3 Å². The highest BCUT2D eigenvalue weighted by Gasteiger charge is 2.26. The molecule has 1 unspecified atom stereocenters. The maximum atomic E-state index is 10.1. The van der Waals surface area contributed by atoms with Gasteiger partial charge in [-0.05, 0) is 71.8 Å². The van der Waals surface area contributed by atoms with E-state index in [4.69, 9.17) is 16.3 Å². The quantitative estimate of drug-likeness (QED) is 0.423. The summed E-state index contributed by atoms with van der Waals surface area (Å²) in [5.74, 6) is 2.39. The fraction of sp³-hybridized carbons (Fsp3) is 0.346. The smallest absolute Gasteiger partial charge is 0.130 e. The Balaban J connectivity index is 0.00000289. The van der Waals surface area contributed by atoms with Gasteiger partial charge in [-0.25, -0.2) is 0 Å². The van der Waals surface area contributed by atoms with E-state index in [-0.39, 0.29) is 19.0 Å². The molecule has 1 atom stereocenters. The van der Waals surface area contributed by atoms with Crippen molar-refractivity contribution in [2.45, 2.75) is 45.3 Å². The maximum Gasteiger partial charge on any atom is 0.130 e. The minimum Gasteiger partial charge on any atom is -0.457 e. The predicted octanol–water partition coefficient (Wildman–Crippen LogP) is 6.55. The summed E-state index contributed by atoms with van der Waals surface area (Å²) < 4.78 is 6.20. The monoisotopic (exact) mass is 472 g/mol. The van der Waals surface area contributed by atoms with Crippen LogP contribution in [0.3, 0.4) is 0 Å². The van der Waals surface area contributed by atoms with Crippen LogP contribution in [-0.2, 0) is 13.2 Å². The zero-order chi connectivity index (χ0) is 21.8. The Bertz CT molecular complexity index is 1040. The van der Waals surface area contributed by atoms with Crippen LogP contribution >= 0.6 is 24.0 Å². The molecule has 1 fully saturated rings. The SMILES string of the molecule is CC(C)c1ccccc1Oc1ccc(C2CCN(Cc3ncccc3Cl)C2)c(CO)c1.Cl. The average Bonchev–Trinajstić information content (AvgIpc) is 3.24. The van der Waals surface area contributed by atoms with Crippen molar-refractivity contribution in [2.75, 3.05) is 13.1 Å². The van der Waals surface area contributed by atoms with Crippen LogP contribution in [0, 0.1) is 0 Å². The Morgan fingerprint density at radius 2 is 1.97 bits per heavy atom. The first-order valence-electron chi connectivity index (χ1n) is 10.9. The molecule has 0 bridgehead atoms. The number of pyridine rings is 1. The lowest BCUT2D eigenvalue weighted by atomic mass is 9.93. The molecule has 1 aliphatic rings. The summed E-state index contributed by atoms with van der Waals surface area (Å²) in [4.78, 5) is 6.79. The van der Waals surface area contributed by atoms with E-state index in [2.05, 4.69) is 35.9 Å². The van der Waals surface area contributed by atoms with Gasteiger partial charge in [-0.2, -0.15) is 0 Å². The molecule has 0 saturated carbocycles. The van der Waals surface area contributed by atoms with Crippen molar-refractivity contribution in [1.29, 1.82) is 0 Å². The molecule has 6 heteroatoms. The number of aliphatic hydroxyl groups is 1. The van der Waals surface area contributed by atoms with E-state index in [0.29, 0.717) is 16.9 Å². The molecule has 1 aromatic heterocycles. The maximum absolute atomic E-state index is 10.1. The van der Waals surface area contributed by atoms with Gasteiger partial charge in [-0.15, -0.1) is 12.4 Å². The van der Waals surface area contributed by atoms with Gasteiger partial charge in [-0.3, -0.25) is 9.88 Å². The number of rotatable bonds is 7. The molecule has 0 radical (unpaired) electrons. The largest absolute Gasteiger partial charge is 0.457 e.